The quantitative estimate of drug-likeness (QED) is 0.377. The van der Waals surface area contributed by atoms with Crippen LogP contribution in [0, 0.1) is 5.92 Å². The van der Waals surface area contributed by atoms with Crippen molar-refractivity contribution in [2.24, 2.45) is 5.92 Å². The maximum absolute atomic E-state index is 13.2. The molecule has 190 valence electrons. The lowest BCUT2D eigenvalue weighted by Crippen LogP contribution is -2.59. The summed E-state index contributed by atoms with van der Waals surface area (Å²) in [6.07, 6.45) is 3.84. The molecule has 1 fully saturated rings. The average Bonchev–Trinajstić information content (AvgIpc) is 2.93. The monoisotopic (exact) mass is 506 g/mol. The smallest absolute Gasteiger partial charge is 0.310 e. The van der Waals surface area contributed by atoms with Gasteiger partial charge < -0.3 is 15.3 Å². The molecule has 1 unspecified atom stereocenters. The predicted octanol–water partition coefficient (Wildman–Crippen LogP) is 3.69. The summed E-state index contributed by atoms with van der Waals surface area (Å²) < 4.78 is 0. The molecule has 8 heteroatoms. The zero-order chi connectivity index (χ0) is 26.5. The van der Waals surface area contributed by atoms with E-state index in [-0.39, 0.29) is 31.3 Å². The number of nitrogens with one attached hydrogen (secondary N) is 1. The second-order valence-corrected chi connectivity index (χ2v) is 9.23. The maximum Gasteiger partial charge on any atom is 0.310 e. The number of aliphatic carboxylic acids is 1. The third-order valence-corrected chi connectivity index (χ3v) is 6.59. The molecule has 0 aliphatic carbocycles. The van der Waals surface area contributed by atoms with Gasteiger partial charge in [-0.2, -0.15) is 0 Å². The Bertz CT molecular complexity index is 1420. The van der Waals surface area contributed by atoms with E-state index in [2.05, 4.69) is 15.3 Å². The highest BCUT2D eigenvalue weighted by Gasteiger charge is 2.38. The van der Waals surface area contributed by atoms with E-state index in [9.17, 15) is 19.5 Å². The lowest BCUT2D eigenvalue weighted by Gasteiger charge is -2.39. The topological polar surface area (TPSA) is 112 Å². The summed E-state index contributed by atoms with van der Waals surface area (Å²) in [7, 11) is 0. The molecule has 38 heavy (non-hydrogen) atoms. The van der Waals surface area contributed by atoms with Crippen LogP contribution in [0.3, 0.4) is 0 Å². The van der Waals surface area contributed by atoms with Gasteiger partial charge >= 0.3 is 5.97 Å². The lowest BCUT2D eigenvalue weighted by atomic mass is 9.96. The number of likely N-dealkylation sites (tertiary alicyclic amines) is 1. The first-order valence-electron chi connectivity index (χ1n) is 12.3. The fourth-order valence-corrected chi connectivity index (χ4v) is 4.35. The highest BCUT2D eigenvalue weighted by molar-refractivity contribution is 5.98. The zero-order valence-electron chi connectivity index (χ0n) is 20.5. The fraction of sp³-hybridized carbons (Fsp3) is 0.167. The second-order valence-electron chi connectivity index (χ2n) is 9.23. The van der Waals surface area contributed by atoms with Crippen molar-refractivity contribution in [1.29, 1.82) is 0 Å². The van der Waals surface area contributed by atoms with Crippen molar-refractivity contribution in [2.45, 2.75) is 12.5 Å². The molecule has 2 amide bonds. The molecule has 1 aliphatic heterocycles. The number of rotatable bonds is 8. The minimum absolute atomic E-state index is 0.140. The molecule has 1 aromatic heterocycles. The molecule has 1 aliphatic rings. The van der Waals surface area contributed by atoms with Gasteiger partial charge in [0.2, 0.25) is 5.91 Å². The van der Waals surface area contributed by atoms with Crippen LogP contribution in [0.5, 0.6) is 0 Å². The van der Waals surface area contributed by atoms with Crippen molar-refractivity contribution in [3.8, 4) is 22.5 Å². The van der Waals surface area contributed by atoms with Gasteiger partial charge in [-0.15, -0.1) is 0 Å². The molecule has 3 aromatic carbocycles. The Balaban J connectivity index is 1.30. The summed E-state index contributed by atoms with van der Waals surface area (Å²) in [6.45, 7) is 0.280. The lowest BCUT2D eigenvalue weighted by molar-refractivity contribution is -0.153. The van der Waals surface area contributed by atoms with E-state index in [0.29, 0.717) is 11.4 Å². The number of carbonyl (C=O) groups is 3. The zero-order valence-corrected chi connectivity index (χ0v) is 20.5. The van der Waals surface area contributed by atoms with E-state index in [1.807, 2.05) is 60.7 Å². The minimum atomic E-state index is -0.923. The van der Waals surface area contributed by atoms with E-state index < -0.39 is 17.9 Å². The number of aromatic nitrogens is 2. The van der Waals surface area contributed by atoms with E-state index in [0.717, 1.165) is 22.3 Å². The molecule has 0 radical (unpaired) electrons. The number of carboxylic acids is 1. The van der Waals surface area contributed by atoms with Crippen molar-refractivity contribution < 1.29 is 19.5 Å². The van der Waals surface area contributed by atoms with Crippen LogP contribution in [0.25, 0.3) is 22.5 Å². The van der Waals surface area contributed by atoms with Crippen molar-refractivity contribution in [2.75, 3.05) is 13.1 Å². The molecule has 1 atom stereocenters. The summed E-state index contributed by atoms with van der Waals surface area (Å²) in [5.41, 5.74) is 4.09. The fourth-order valence-electron chi connectivity index (χ4n) is 4.35. The van der Waals surface area contributed by atoms with Gasteiger partial charge in [0.05, 0.1) is 5.92 Å². The van der Waals surface area contributed by atoms with Gasteiger partial charge in [-0.1, -0.05) is 72.8 Å². The van der Waals surface area contributed by atoms with Crippen LogP contribution in [0.15, 0.2) is 97.3 Å². The first-order valence-corrected chi connectivity index (χ1v) is 12.3. The number of hydrogen-bond acceptors (Lipinski definition) is 5. The van der Waals surface area contributed by atoms with Gasteiger partial charge in [-0.25, -0.2) is 9.97 Å². The van der Waals surface area contributed by atoms with Gasteiger partial charge in [0.25, 0.3) is 5.91 Å². The summed E-state index contributed by atoms with van der Waals surface area (Å²) >= 11 is 0. The normalized spacial score (nSPS) is 13.8. The molecule has 0 spiro atoms. The second kappa shape index (κ2) is 11.0. The highest BCUT2D eigenvalue weighted by atomic mass is 16.4. The average molecular weight is 507 g/mol. The Morgan fingerprint density at radius 2 is 1.42 bits per heavy atom. The van der Waals surface area contributed by atoms with Crippen LogP contribution in [0.1, 0.15) is 15.9 Å². The molecule has 1 saturated heterocycles. The number of hydrogen-bond donors (Lipinski definition) is 2. The number of nitrogens with zero attached hydrogens (tertiary/aromatic N) is 3. The predicted molar refractivity (Wildman–Crippen MR) is 142 cm³/mol. The van der Waals surface area contributed by atoms with Gasteiger partial charge in [0, 0.05) is 48.6 Å². The standard InChI is InChI=1S/C30H26N4O4/c35-28(23-9-5-2-6-10-23)33-26(29(36)34-18-25(19-34)30(37)38)15-20-11-13-22(14-12-20)27-31-16-24(17-32-27)21-7-3-1-4-8-21/h1-14,16-17,25-26H,15,18-19H2,(H,33,35)(H,37,38). The first-order chi connectivity index (χ1) is 18.5. The molecule has 0 bridgehead atoms. The SMILES string of the molecule is O=C(NC(Cc1ccc(-c2ncc(-c3ccccc3)cn2)cc1)C(=O)N1CC(C(=O)O)C1)c1ccccc1. The summed E-state index contributed by atoms with van der Waals surface area (Å²) in [5.74, 6) is -1.56. The Labute approximate surface area is 220 Å². The third kappa shape index (κ3) is 5.59. The van der Waals surface area contributed by atoms with Crippen molar-refractivity contribution >= 4 is 17.8 Å². The Hall–Kier alpha value is -4.85. The summed E-state index contributed by atoms with van der Waals surface area (Å²) in [4.78, 5) is 47.7. The minimum Gasteiger partial charge on any atom is -0.481 e. The number of carbonyl (C=O) groups excluding carboxylic acids is 2. The van der Waals surface area contributed by atoms with Gasteiger partial charge in [0.1, 0.15) is 6.04 Å². The van der Waals surface area contributed by atoms with Crippen molar-refractivity contribution in [3.63, 3.8) is 0 Å². The number of amides is 2. The van der Waals surface area contributed by atoms with Crippen molar-refractivity contribution in [3.05, 3.63) is 108 Å². The molecule has 5 rings (SSSR count). The van der Waals surface area contributed by atoms with E-state index in [1.165, 1.54) is 4.90 Å². The van der Waals surface area contributed by atoms with E-state index >= 15 is 0 Å². The molecular formula is C30H26N4O4. The largest absolute Gasteiger partial charge is 0.481 e. The van der Waals surface area contributed by atoms with Crippen LogP contribution in [0.4, 0.5) is 0 Å². The van der Waals surface area contributed by atoms with Gasteiger partial charge in [-0.3, -0.25) is 14.4 Å². The van der Waals surface area contributed by atoms with Crippen molar-refractivity contribution in [1.82, 2.24) is 20.2 Å². The number of benzene rings is 3. The van der Waals surface area contributed by atoms with E-state index in [4.69, 9.17) is 0 Å². The maximum atomic E-state index is 13.2. The molecular weight excluding hydrogens is 480 g/mol. The third-order valence-electron chi connectivity index (χ3n) is 6.59. The highest BCUT2D eigenvalue weighted by Crippen LogP contribution is 2.22. The molecule has 0 saturated carbocycles. The van der Waals surface area contributed by atoms with Crippen LogP contribution >= 0.6 is 0 Å². The Morgan fingerprint density at radius 3 is 2.03 bits per heavy atom. The van der Waals surface area contributed by atoms with Gasteiger partial charge in [-0.05, 0) is 23.3 Å². The van der Waals surface area contributed by atoms with Crippen LogP contribution < -0.4 is 5.32 Å². The Morgan fingerprint density at radius 1 is 0.816 bits per heavy atom. The van der Waals surface area contributed by atoms with Crippen LogP contribution in [-0.2, 0) is 16.0 Å². The summed E-state index contributed by atoms with van der Waals surface area (Å²) in [5, 5.41) is 12.0. The molecule has 2 heterocycles. The molecule has 2 N–H and O–H groups in total. The van der Waals surface area contributed by atoms with Crippen LogP contribution in [0.2, 0.25) is 0 Å². The van der Waals surface area contributed by atoms with E-state index in [1.54, 1.807) is 36.7 Å². The molecule has 8 nitrogen and oxygen atoms in total. The first kappa shape index (κ1) is 24.8. The summed E-state index contributed by atoms with van der Waals surface area (Å²) in [6, 6.07) is 25.3. The number of carboxylic acid groups (broad SMARTS) is 1. The van der Waals surface area contributed by atoms with Gasteiger partial charge in [0.15, 0.2) is 5.82 Å². The van der Waals surface area contributed by atoms with Crippen LogP contribution in [-0.4, -0.2) is 56.9 Å². The Kier molecular flexibility index (Phi) is 7.21. The molecule has 4 aromatic rings.